The number of pyridine rings is 1. The lowest BCUT2D eigenvalue weighted by Crippen LogP contribution is -2.41. The Morgan fingerprint density at radius 1 is 0.957 bits per heavy atom. The fourth-order valence-corrected chi connectivity index (χ4v) is 2.61. The van der Waals surface area contributed by atoms with Crippen LogP contribution in [-0.2, 0) is 5.41 Å². The molecule has 124 valence electrons. The Balaban J connectivity index is 2.46. The number of aromatic nitrogens is 1. The first-order valence-electron chi connectivity index (χ1n) is 8.14. The Kier molecular flexibility index (Phi) is 4.81. The zero-order valence-electron chi connectivity index (χ0n) is 15.0. The van der Waals surface area contributed by atoms with Crippen LogP contribution in [0.3, 0.4) is 0 Å². The number of H-pyrrole nitrogens is 1. The predicted molar refractivity (Wildman–Crippen MR) is 96.9 cm³/mol. The summed E-state index contributed by atoms with van der Waals surface area (Å²) in [7, 11) is 0. The van der Waals surface area contributed by atoms with Gasteiger partial charge in [-0.2, -0.15) is 0 Å². The third-order valence-electron chi connectivity index (χ3n) is 3.85. The van der Waals surface area contributed by atoms with Gasteiger partial charge in [0.15, 0.2) is 0 Å². The Hall–Kier alpha value is -1.87. The number of hydrogen-bond acceptors (Lipinski definition) is 2. The average molecular weight is 312 g/mol. The molecule has 1 atom stereocenters. The van der Waals surface area contributed by atoms with Crippen LogP contribution >= 0.6 is 0 Å². The highest BCUT2D eigenvalue weighted by molar-refractivity contribution is 5.34. The molecule has 0 aliphatic rings. The van der Waals surface area contributed by atoms with Crippen molar-refractivity contribution in [2.45, 2.75) is 58.5 Å². The molecular weight excluding hydrogens is 284 g/mol. The van der Waals surface area contributed by atoms with E-state index in [0.29, 0.717) is 0 Å². The largest absolute Gasteiger partial charge is 0.329 e. The van der Waals surface area contributed by atoms with E-state index in [1.807, 2.05) is 12.1 Å². The van der Waals surface area contributed by atoms with Crippen LogP contribution in [0, 0.1) is 0 Å². The molecule has 0 unspecified atom stereocenters. The first-order valence-corrected chi connectivity index (χ1v) is 8.14. The Morgan fingerprint density at radius 3 is 2.04 bits per heavy atom. The highest BCUT2D eigenvalue weighted by atomic mass is 16.1. The van der Waals surface area contributed by atoms with Crippen LogP contribution in [0.1, 0.15) is 64.3 Å². The van der Waals surface area contributed by atoms with Gasteiger partial charge in [-0.15, -0.1) is 0 Å². The Morgan fingerprint density at radius 2 is 1.57 bits per heavy atom. The first-order chi connectivity index (χ1) is 10.6. The number of benzene rings is 1. The van der Waals surface area contributed by atoms with Crippen molar-refractivity contribution in [2.24, 2.45) is 0 Å². The van der Waals surface area contributed by atoms with Crippen molar-refractivity contribution in [1.29, 1.82) is 0 Å². The lowest BCUT2D eigenvalue weighted by molar-refractivity contribution is 0.389. The lowest BCUT2D eigenvalue weighted by atomic mass is 9.85. The van der Waals surface area contributed by atoms with E-state index in [9.17, 15) is 4.79 Å². The molecule has 0 saturated heterocycles. The zero-order chi connectivity index (χ0) is 17.3. The molecule has 0 aliphatic carbocycles. The molecular formula is C20H28N2O. The molecule has 2 rings (SSSR count). The van der Waals surface area contributed by atoms with Crippen molar-refractivity contribution in [1.82, 2.24) is 10.3 Å². The summed E-state index contributed by atoms with van der Waals surface area (Å²) in [6, 6.07) is 12.2. The van der Waals surface area contributed by atoms with E-state index in [-0.39, 0.29) is 22.6 Å². The summed E-state index contributed by atoms with van der Waals surface area (Å²) in [5, 5.41) is 3.57. The fourth-order valence-electron chi connectivity index (χ4n) is 2.61. The monoisotopic (exact) mass is 312 g/mol. The van der Waals surface area contributed by atoms with E-state index in [1.54, 1.807) is 6.20 Å². The van der Waals surface area contributed by atoms with Crippen molar-refractivity contribution >= 4 is 0 Å². The molecule has 1 aromatic carbocycles. The van der Waals surface area contributed by atoms with Crippen LogP contribution < -0.4 is 10.9 Å². The molecule has 23 heavy (non-hydrogen) atoms. The minimum absolute atomic E-state index is 0.0471. The van der Waals surface area contributed by atoms with Gasteiger partial charge in [0.25, 0.3) is 5.56 Å². The van der Waals surface area contributed by atoms with Crippen LogP contribution in [0.4, 0.5) is 0 Å². The van der Waals surface area contributed by atoms with E-state index in [2.05, 4.69) is 76.1 Å². The van der Waals surface area contributed by atoms with Gasteiger partial charge >= 0.3 is 0 Å². The Labute approximate surface area is 139 Å². The van der Waals surface area contributed by atoms with Crippen molar-refractivity contribution in [3.8, 4) is 0 Å². The van der Waals surface area contributed by atoms with E-state index < -0.39 is 0 Å². The summed E-state index contributed by atoms with van der Waals surface area (Å²) in [6.07, 6.45) is 1.67. The summed E-state index contributed by atoms with van der Waals surface area (Å²) in [6.45, 7) is 12.9. The summed E-state index contributed by atoms with van der Waals surface area (Å²) in [5.74, 6) is 0. The second-order valence-electron chi connectivity index (χ2n) is 8.15. The second-order valence-corrected chi connectivity index (χ2v) is 8.15. The Bertz CT molecular complexity index is 700. The molecule has 3 heteroatoms. The molecule has 2 aromatic rings. The summed E-state index contributed by atoms with van der Waals surface area (Å²) >= 11 is 0. The molecule has 1 aromatic heterocycles. The maximum atomic E-state index is 12.3. The molecule has 0 aliphatic heterocycles. The van der Waals surface area contributed by atoms with Gasteiger partial charge in [0.1, 0.15) is 0 Å². The molecule has 0 saturated carbocycles. The van der Waals surface area contributed by atoms with Crippen molar-refractivity contribution < 1.29 is 0 Å². The first kappa shape index (κ1) is 17.5. The zero-order valence-corrected chi connectivity index (χ0v) is 15.0. The minimum Gasteiger partial charge on any atom is -0.329 e. The van der Waals surface area contributed by atoms with Crippen LogP contribution in [0.25, 0.3) is 0 Å². The molecule has 0 fully saturated rings. The van der Waals surface area contributed by atoms with Crippen LogP contribution in [0.2, 0.25) is 0 Å². The van der Waals surface area contributed by atoms with E-state index in [1.165, 1.54) is 5.56 Å². The van der Waals surface area contributed by atoms with Crippen LogP contribution in [0.5, 0.6) is 0 Å². The van der Waals surface area contributed by atoms with Crippen LogP contribution in [0.15, 0.2) is 47.4 Å². The minimum atomic E-state index is -0.131. The average Bonchev–Trinajstić information content (AvgIpc) is 2.44. The summed E-state index contributed by atoms with van der Waals surface area (Å²) in [4.78, 5) is 15.0. The standard InChI is InChI=1S/C20H28N2O/c1-19(2,3)15-11-9-14(10-12-15)17(22-20(4,5)6)16-8-7-13-21-18(16)23/h7-13,17,22H,1-6H3,(H,21,23)/t17-/m1/s1. The predicted octanol–water partition coefficient (Wildman–Crippen LogP) is 4.15. The normalized spacial score (nSPS) is 13.8. The highest BCUT2D eigenvalue weighted by Gasteiger charge is 2.23. The van der Waals surface area contributed by atoms with E-state index in [4.69, 9.17) is 0 Å². The SMILES string of the molecule is CC(C)(C)N[C@H](c1ccc(C(C)(C)C)cc1)c1ccc[nH]c1=O. The van der Waals surface area contributed by atoms with Gasteiger partial charge < -0.3 is 10.3 Å². The quantitative estimate of drug-likeness (QED) is 0.894. The van der Waals surface area contributed by atoms with Gasteiger partial charge in [0, 0.05) is 17.3 Å². The molecule has 0 spiro atoms. The molecule has 0 amide bonds. The van der Waals surface area contributed by atoms with Gasteiger partial charge in [-0.05, 0) is 43.4 Å². The smallest absolute Gasteiger partial charge is 0.253 e. The van der Waals surface area contributed by atoms with Gasteiger partial charge in [0.2, 0.25) is 0 Å². The van der Waals surface area contributed by atoms with Crippen molar-refractivity contribution in [2.75, 3.05) is 0 Å². The number of aromatic amines is 1. The maximum Gasteiger partial charge on any atom is 0.253 e. The third-order valence-corrected chi connectivity index (χ3v) is 3.85. The molecule has 2 N–H and O–H groups in total. The summed E-state index contributed by atoms with van der Waals surface area (Å²) < 4.78 is 0. The number of hydrogen-bond donors (Lipinski definition) is 2. The number of rotatable bonds is 3. The summed E-state index contributed by atoms with van der Waals surface area (Å²) in [5.41, 5.74) is 3.10. The van der Waals surface area contributed by atoms with Gasteiger partial charge in [0.05, 0.1) is 6.04 Å². The van der Waals surface area contributed by atoms with Gasteiger partial charge in [-0.1, -0.05) is 51.1 Å². The molecule has 0 bridgehead atoms. The highest BCUT2D eigenvalue weighted by Crippen LogP contribution is 2.27. The lowest BCUT2D eigenvalue weighted by Gasteiger charge is -2.29. The van der Waals surface area contributed by atoms with E-state index in [0.717, 1.165) is 11.1 Å². The van der Waals surface area contributed by atoms with Crippen molar-refractivity contribution in [3.05, 3.63) is 69.6 Å². The molecule has 0 radical (unpaired) electrons. The van der Waals surface area contributed by atoms with Crippen molar-refractivity contribution in [3.63, 3.8) is 0 Å². The molecule has 3 nitrogen and oxygen atoms in total. The van der Waals surface area contributed by atoms with E-state index >= 15 is 0 Å². The maximum absolute atomic E-state index is 12.3. The topological polar surface area (TPSA) is 44.9 Å². The number of nitrogens with one attached hydrogen (secondary N) is 2. The van der Waals surface area contributed by atoms with Crippen LogP contribution in [-0.4, -0.2) is 10.5 Å². The van der Waals surface area contributed by atoms with Gasteiger partial charge in [-0.3, -0.25) is 4.79 Å². The second kappa shape index (κ2) is 6.32. The van der Waals surface area contributed by atoms with Gasteiger partial charge in [-0.25, -0.2) is 0 Å². The third kappa shape index (κ3) is 4.55. The fraction of sp³-hybridized carbons (Fsp3) is 0.450. The molecule has 1 heterocycles.